The zero-order valence-corrected chi connectivity index (χ0v) is 11.7. The fourth-order valence-electron chi connectivity index (χ4n) is 2.94. The van der Waals surface area contributed by atoms with E-state index in [1.54, 1.807) is 0 Å². The molecule has 1 N–H and O–H groups in total. The molecule has 3 heteroatoms. The Morgan fingerprint density at radius 3 is 2.58 bits per heavy atom. The summed E-state index contributed by atoms with van der Waals surface area (Å²) in [6.07, 6.45) is 5.53. The monoisotopic (exact) mass is 265 g/mol. The predicted octanol–water partition coefficient (Wildman–Crippen LogP) is 3.20. The van der Waals surface area contributed by atoms with E-state index >= 15 is 0 Å². The minimum atomic E-state index is -0.189. The highest BCUT2D eigenvalue weighted by Crippen LogP contribution is 2.24. The van der Waals surface area contributed by atoms with Crippen LogP contribution in [0, 0.1) is 11.7 Å². The molecule has 1 aromatic rings. The van der Waals surface area contributed by atoms with Crippen LogP contribution in [0.4, 0.5) is 4.39 Å². The second kappa shape index (κ2) is 7.01. The molecule has 0 saturated heterocycles. The highest BCUT2D eigenvalue weighted by atomic mass is 19.1. The summed E-state index contributed by atoms with van der Waals surface area (Å²) in [4.78, 5) is 2.23. The van der Waals surface area contributed by atoms with Gasteiger partial charge >= 0.3 is 0 Å². The van der Waals surface area contributed by atoms with Gasteiger partial charge in [0.15, 0.2) is 0 Å². The molecule has 1 saturated carbocycles. The fraction of sp³-hybridized carbons (Fsp3) is 0.625. The minimum Gasteiger partial charge on any atom is -0.393 e. The van der Waals surface area contributed by atoms with Crippen LogP contribution in [0.3, 0.4) is 0 Å². The van der Waals surface area contributed by atoms with Gasteiger partial charge in [-0.15, -0.1) is 0 Å². The Hall–Kier alpha value is -0.930. The number of aliphatic hydroxyl groups excluding tert-OH is 1. The first kappa shape index (κ1) is 14.5. The van der Waals surface area contributed by atoms with Crippen LogP contribution in [0.1, 0.15) is 37.7 Å². The van der Waals surface area contributed by atoms with Crippen LogP contribution in [-0.4, -0.2) is 29.7 Å². The summed E-state index contributed by atoms with van der Waals surface area (Å²) in [5.74, 6) is 0.193. The minimum absolute atomic E-state index is 0.154. The lowest BCUT2D eigenvalue weighted by Crippen LogP contribution is -2.32. The Morgan fingerprint density at radius 1 is 1.16 bits per heavy atom. The normalized spacial score (nSPS) is 24.4. The number of hydrogen-bond acceptors (Lipinski definition) is 2. The second-order valence-corrected chi connectivity index (χ2v) is 5.79. The molecule has 0 spiro atoms. The summed E-state index contributed by atoms with van der Waals surface area (Å²) >= 11 is 0. The predicted molar refractivity (Wildman–Crippen MR) is 75.3 cm³/mol. The van der Waals surface area contributed by atoms with Crippen molar-refractivity contribution in [1.29, 1.82) is 0 Å². The number of halogens is 1. The van der Waals surface area contributed by atoms with Crippen molar-refractivity contribution in [3.05, 3.63) is 35.6 Å². The van der Waals surface area contributed by atoms with E-state index < -0.39 is 0 Å². The summed E-state index contributed by atoms with van der Waals surface area (Å²) < 4.78 is 12.8. The van der Waals surface area contributed by atoms with Crippen molar-refractivity contribution in [2.75, 3.05) is 13.6 Å². The van der Waals surface area contributed by atoms with Gasteiger partial charge in [-0.25, -0.2) is 4.39 Å². The van der Waals surface area contributed by atoms with Gasteiger partial charge in [-0.05, 0) is 43.5 Å². The highest BCUT2D eigenvalue weighted by molar-refractivity contribution is 5.15. The molecule has 1 fully saturated rings. The smallest absolute Gasteiger partial charge is 0.123 e. The van der Waals surface area contributed by atoms with Crippen molar-refractivity contribution in [2.24, 2.45) is 5.92 Å². The largest absolute Gasteiger partial charge is 0.393 e. The number of nitrogens with zero attached hydrogens (tertiary/aromatic N) is 1. The van der Waals surface area contributed by atoms with Gasteiger partial charge < -0.3 is 10.0 Å². The molecule has 1 aliphatic carbocycles. The van der Waals surface area contributed by atoms with Crippen molar-refractivity contribution < 1.29 is 9.50 Å². The molecule has 106 valence electrons. The summed E-state index contributed by atoms with van der Waals surface area (Å²) in [6.45, 7) is 1.72. The van der Waals surface area contributed by atoms with Gasteiger partial charge in [0.2, 0.25) is 0 Å². The van der Waals surface area contributed by atoms with Crippen LogP contribution < -0.4 is 0 Å². The zero-order chi connectivity index (χ0) is 13.7. The Balaban J connectivity index is 1.85. The van der Waals surface area contributed by atoms with E-state index in [9.17, 15) is 9.50 Å². The van der Waals surface area contributed by atoms with Crippen LogP contribution in [0.5, 0.6) is 0 Å². The Bertz CT molecular complexity index is 379. The molecule has 2 nitrogen and oxygen atoms in total. The lowest BCUT2D eigenvalue weighted by Gasteiger charge is -2.26. The fourth-order valence-corrected chi connectivity index (χ4v) is 2.94. The summed E-state index contributed by atoms with van der Waals surface area (Å²) in [6, 6.07) is 6.66. The third kappa shape index (κ3) is 4.59. The van der Waals surface area contributed by atoms with Gasteiger partial charge in [-0.1, -0.05) is 31.4 Å². The molecule has 0 radical (unpaired) electrons. The first-order chi connectivity index (χ1) is 9.15. The number of aliphatic hydroxyl groups is 1. The Labute approximate surface area is 115 Å². The average Bonchev–Trinajstić information content (AvgIpc) is 2.58. The van der Waals surface area contributed by atoms with E-state index in [1.165, 1.54) is 25.0 Å². The van der Waals surface area contributed by atoms with Gasteiger partial charge in [0, 0.05) is 13.1 Å². The van der Waals surface area contributed by atoms with Gasteiger partial charge in [0.1, 0.15) is 5.82 Å². The van der Waals surface area contributed by atoms with Crippen LogP contribution >= 0.6 is 0 Å². The van der Waals surface area contributed by atoms with E-state index in [0.717, 1.165) is 37.9 Å². The number of hydrogen-bond donors (Lipinski definition) is 1. The van der Waals surface area contributed by atoms with Gasteiger partial charge in [-0.3, -0.25) is 0 Å². The molecule has 0 bridgehead atoms. The maximum atomic E-state index is 12.8. The molecule has 0 heterocycles. The SMILES string of the molecule is CN(Cc1ccc(F)cc1)CC1CCCCCC1O. The summed E-state index contributed by atoms with van der Waals surface area (Å²) in [5, 5.41) is 10.1. The number of rotatable bonds is 4. The van der Waals surface area contributed by atoms with Gasteiger partial charge in [0.05, 0.1) is 6.10 Å². The van der Waals surface area contributed by atoms with E-state index in [2.05, 4.69) is 11.9 Å². The van der Waals surface area contributed by atoms with E-state index in [4.69, 9.17) is 0 Å². The first-order valence-electron chi connectivity index (χ1n) is 7.26. The average molecular weight is 265 g/mol. The van der Waals surface area contributed by atoms with Crippen molar-refractivity contribution in [3.8, 4) is 0 Å². The molecule has 1 aromatic carbocycles. The Morgan fingerprint density at radius 2 is 1.84 bits per heavy atom. The quantitative estimate of drug-likeness (QED) is 0.845. The topological polar surface area (TPSA) is 23.5 Å². The van der Waals surface area contributed by atoms with E-state index in [1.807, 2.05) is 12.1 Å². The van der Waals surface area contributed by atoms with Crippen molar-refractivity contribution in [1.82, 2.24) is 4.90 Å². The molecule has 1 aliphatic rings. The molecule has 0 aliphatic heterocycles. The zero-order valence-electron chi connectivity index (χ0n) is 11.7. The summed E-state index contributed by atoms with van der Waals surface area (Å²) in [5.41, 5.74) is 1.12. The van der Waals surface area contributed by atoms with E-state index in [-0.39, 0.29) is 11.9 Å². The molecule has 0 aromatic heterocycles. The maximum absolute atomic E-state index is 12.8. The standard InChI is InChI=1S/C16H24FNO/c1-18(11-13-7-9-15(17)10-8-13)12-14-5-3-2-4-6-16(14)19/h7-10,14,16,19H,2-6,11-12H2,1H3. The lowest BCUT2D eigenvalue weighted by molar-refractivity contribution is 0.0780. The second-order valence-electron chi connectivity index (χ2n) is 5.79. The maximum Gasteiger partial charge on any atom is 0.123 e. The lowest BCUT2D eigenvalue weighted by atomic mass is 9.96. The van der Waals surface area contributed by atoms with E-state index in [0.29, 0.717) is 5.92 Å². The van der Waals surface area contributed by atoms with Crippen molar-refractivity contribution in [2.45, 2.75) is 44.8 Å². The molecule has 2 rings (SSSR count). The third-order valence-corrected chi connectivity index (χ3v) is 4.03. The first-order valence-corrected chi connectivity index (χ1v) is 7.26. The molecular formula is C16H24FNO. The third-order valence-electron chi connectivity index (χ3n) is 4.03. The molecule has 19 heavy (non-hydrogen) atoms. The molecule has 0 amide bonds. The van der Waals surface area contributed by atoms with Crippen molar-refractivity contribution in [3.63, 3.8) is 0 Å². The van der Waals surface area contributed by atoms with Gasteiger partial charge in [0.25, 0.3) is 0 Å². The van der Waals surface area contributed by atoms with Gasteiger partial charge in [-0.2, -0.15) is 0 Å². The van der Waals surface area contributed by atoms with Crippen LogP contribution in [-0.2, 0) is 6.54 Å². The highest BCUT2D eigenvalue weighted by Gasteiger charge is 2.22. The molecule has 2 atom stereocenters. The summed E-state index contributed by atoms with van der Waals surface area (Å²) in [7, 11) is 2.07. The van der Waals surface area contributed by atoms with Crippen molar-refractivity contribution >= 4 is 0 Å². The van der Waals surface area contributed by atoms with Crippen LogP contribution in [0.15, 0.2) is 24.3 Å². The molecule has 2 unspecified atom stereocenters. The number of benzene rings is 1. The molecular weight excluding hydrogens is 241 g/mol. The van der Waals surface area contributed by atoms with Crippen LogP contribution in [0.2, 0.25) is 0 Å². The van der Waals surface area contributed by atoms with Crippen LogP contribution in [0.25, 0.3) is 0 Å². The Kier molecular flexibility index (Phi) is 5.34.